The van der Waals surface area contributed by atoms with Crippen molar-refractivity contribution in [1.82, 2.24) is 0 Å². The Morgan fingerprint density at radius 1 is 1.11 bits per heavy atom. The van der Waals surface area contributed by atoms with Crippen LogP contribution < -0.4 is 0 Å². The Bertz CT molecular complexity index is 579. The molecule has 0 amide bonds. The summed E-state index contributed by atoms with van der Waals surface area (Å²) in [6, 6.07) is 12.1. The summed E-state index contributed by atoms with van der Waals surface area (Å²) in [4.78, 5) is 11.0. The first kappa shape index (κ1) is 12.5. The average molecular weight is 263 g/mol. The van der Waals surface area contributed by atoms with Gasteiger partial charge in [-0.1, -0.05) is 36.4 Å². The zero-order valence-corrected chi connectivity index (χ0v) is 10.2. The van der Waals surface area contributed by atoms with Gasteiger partial charge in [0.25, 0.3) is 0 Å². The molecular weight excluding hydrogens is 252 g/mol. The standard InChI is InChI=1S/C14H11ClO3/c15-8-10-6-7-11(14(17)18)13(16)12(10)9-4-2-1-3-5-9/h1-7,16H,8H2,(H,17,18). The molecule has 0 atom stereocenters. The van der Waals surface area contributed by atoms with Gasteiger partial charge in [-0.3, -0.25) is 0 Å². The van der Waals surface area contributed by atoms with Gasteiger partial charge in [-0.25, -0.2) is 4.79 Å². The molecule has 2 rings (SSSR count). The first-order valence-corrected chi connectivity index (χ1v) is 5.88. The molecule has 0 aliphatic heterocycles. The summed E-state index contributed by atoms with van der Waals surface area (Å²) in [5, 5.41) is 19.1. The molecule has 2 aromatic carbocycles. The monoisotopic (exact) mass is 262 g/mol. The number of hydrogen-bond acceptors (Lipinski definition) is 2. The van der Waals surface area contributed by atoms with Crippen molar-refractivity contribution in [3.05, 3.63) is 53.6 Å². The van der Waals surface area contributed by atoms with Crippen molar-refractivity contribution in [2.75, 3.05) is 0 Å². The minimum atomic E-state index is -1.16. The summed E-state index contributed by atoms with van der Waals surface area (Å²) in [7, 11) is 0. The summed E-state index contributed by atoms with van der Waals surface area (Å²) >= 11 is 5.83. The van der Waals surface area contributed by atoms with Crippen LogP contribution in [0.1, 0.15) is 15.9 Å². The normalized spacial score (nSPS) is 10.3. The maximum atomic E-state index is 11.0. The molecule has 0 fully saturated rings. The fourth-order valence-corrected chi connectivity index (χ4v) is 2.07. The number of carboxylic acid groups (broad SMARTS) is 1. The van der Waals surface area contributed by atoms with Gasteiger partial charge in [0.2, 0.25) is 0 Å². The van der Waals surface area contributed by atoms with E-state index in [-0.39, 0.29) is 17.2 Å². The van der Waals surface area contributed by atoms with Crippen LogP contribution in [0.5, 0.6) is 5.75 Å². The molecule has 2 aromatic rings. The first-order valence-electron chi connectivity index (χ1n) is 5.34. The second-order valence-electron chi connectivity index (χ2n) is 3.80. The van der Waals surface area contributed by atoms with Crippen molar-refractivity contribution >= 4 is 17.6 Å². The summed E-state index contributed by atoms with van der Waals surface area (Å²) in [6.45, 7) is 0. The Kier molecular flexibility index (Phi) is 3.53. The highest BCUT2D eigenvalue weighted by molar-refractivity contribution is 6.17. The highest BCUT2D eigenvalue weighted by Gasteiger charge is 2.17. The van der Waals surface area contributed by atoms with Gasteiger partial charge in [-0.15, -0.1) is 11.6 Å². The van der Waals surface area contributed by atoms with Crippen molar-refractivity contribution in [3.8, 4) is 16.9 Å². The van der Waals surface area contributed by atoms with E-state index in [9.17, 15) is 9.90 Å². The molecule has 3 nitrogen and oxygen atoms in total. The summed E-state index contributed by atoms with van der Waals surface area (Å²) in [5.74, 6) is -1.20. The van der Waals surface area contributed by atoms with Crippen LogP contribution >= 0.6 is 11.6 Å². The molecule has 0 aliphatic carbocycles. The molecule has 2 N–H and O–H groups in total. The molecule has 0 heterocycles. The molecule has 0 saturated carbocycles. The van der Waals surface area contributed by atoms with Gasteiger partial charge in [0.05, 0.1) is 0 Å². The topological polar surface area (TPSA) is 57.5 Å². The van der Waals surface area contributed by atoms with E-state index in [0.29, 0.717) is 11.1 Å². The molecule has 4 heteroatoms. The van der Waals surface area contributed by atoms with E-state index >= 15 is 0 Å². The molecule has 0 unspecified atom stereocenters. The van der Waals surface area contributed by atoms with Crippen LogP contribution in [0.2, 0.25) is 0 Å². The van der Waals surface area contributed by atoms with Crippen molar-refractivity contribution in [3.63, 3.8) is 0 Å². The van der Waals surface area contributed by atoms with Crippen LogP contribution in [0.25, 0.3) is 11.1 Å². The van der Waals surface area contributed by atoms with E-state index in [4.69, 9.17) is 16.7 Å². The first-order chi connectivity index (χ1) is 8.65. The van der Waals surface area contributed by atoms with Gasteiger partial charge in [0.15, 0.2) is 0 Å². The second kappa shape index (κ2) is 5.10. The largest absolute Gasteiger partial charge is 0.506 e. The minimum Gasteiger partial charge on any atom is -0.506 e. The number of benzene rings is 2. The molecule has 0 aliphatic rings. The van der Waals surface area contributed by atoms with E-state index in [1.54, 1.807) is 18.2 Å². The third-order valence-electron chi connectivity index (χ3n) is 2.70. The number of aromatic hydroxyl groups is 1. The average Bonchev–Trinajstić information content (AvgIpc) is 2.38. The predicted octanol–water partition coefficient (Wildman–Crippen LogP) is 3.50. The third-order valence-corrected chi connectivity index (χ3v) is 2.99. The zero-order chi connectivity index (χ0) is 13.1. The Morgan fingerprint density at radius 2 is 1.78 bits per heavy atom. The smallest absolute Gasteiger partial charge is 0.339 e. The van der Waals surface area contributed by atoms with Crippen LogP contribution in [-0.2, 0) is 5.88 Å². The molecule has 0 saturated heterocycles. The van der Waals surface area contributed by atoms with E-state index in [0.717, 1.165) is 5.56 Å². The Hall–Kier alpha value is -2.00. The molecule has 92 valence electrons. The van der Waals surface area contributed by atoms with E-state index < -0.39 is 5.97 Å². The predicted molar refractivity (Wildman–Crippen MR) is 70.1 cm³/mol. The van der Waals surface area contributed by atoms with Gasteiger partial charge >= 0.3 is 5.97 Å². The van der Waals surface area contributed by atoms with Crippen molar-refractivity contribution in [2.45, 2.75) is 5.88 Å². The summed E-state index contributed by atoms with van der Waals surface area (Å²) in [6.07, 6.45) is 0. The van der Waals surface area contributed by atoms with Gasteiger partial charge in [0, 0.05) is 11.4 Å². The number of aromatic carboxylic acids is 1. The Morgan fingerprint density at radius 3 is 2.33 bits per heavy atom. The van der Waals surface area contributed by atoms with E-state index in [2.05, 4.69) is 0 Å². The van der Waals surface area contributed by atoms with Crippen molar-refractivity contribution in [1.29, 1.82) is 0 Å². The molecule has 18 heavy (non-hydrogen) atoms. The molecule has 0 aromatic heterocycles. The minimum absolute atomic E-state index is 0.122. The Balaban J connectivity index is 2.71. The highest BCUT2D eigenvalue weighted by Crippen LogP contribution is 2.36. The third kappa shape index (κ3) is 2.17. The maximum absolute atomic E-state index is 11.0. The molecule has 0 bridgehead atoms. The summed E-state index contributed by atoms with van der Waals surface area (Å²) < 4.78 is 0. The zero-order valence-electron chi connectivity index (χ0n) is 9.43. The molecule has 0 radical (unpaired) electrons. The fourth-order valence-electron chi connectivity index (χ4n) is 1.84. The molecule has 0 spiro atoms. The van der Waals surface area contributed by atoms with Crippen LogP contribution in [0.15, 0.2) is 42.5 Å². The lowest BCUT2D eigenvalue weighted by Gasteiger charge is -2.12. The SMILES string of the molecule is O=C(O)c1ccc(CCl)c(-c2ccccc2)c1O. The van der Waals surface area contributed by atoms with Crippen molar-refractivity contribution < 1.29 is 15.0 Å². The van der Waals surface area contributed by atoms with Crippen LogP contribution in [0, 0.1) is 0 Å². The van der Waals surface area contributed by atoms with Gasteiger partial charge < -0.3 is 10.2 Å². The maximum Gasteiger partial charge on any atom is 0.339 e. The number of phenols is 1. The number of carbonyl (C=O) groups is 1. The Labute approximate surface area is 109 Å². The van der Waals surface area contributed by atoms with E-state index in [1.807, 2.05) is 18.2 Å². The van der Waals surface area contributed by atoms with Crippen molar-refractivity contribution in [2.24, 2.45) is 0 Å². The van der Waals surface area contributed by atoms with E-state index in [1.165, 1.54) is 6.07 Å². The lowest BCUT2D eigenvalue weighted by atomic mass is 9.96. The number of rotatable bonds is 3. The highest BCUT2D eigenvalue weighted by atomic mass is 35.5. The summed E-state index contributed by atoms with van der Waals surface area (Å²) in [5.41, 5.74) is 1.80. The number of hydrogen-bond donors (Lipinski definition) is 2. The molecular formula is C14H11ClO3. The van der Waals surface area contributed by atoms with Gasteiger partial charge in [-0.2, -0.15) is 0 Å². The lowest BCUT2D eigenvalue weighted by Crippen LogP contribution is -1.99. The number of alkyl halides is 1. The number of carboxylic acids is 1. The fraction of sp³-hybridized carbons (Fsp3) is 0.0714. The van der Waals surface area contributed by atoms with Gasteiger partial charge in [0.1, 0.15) is 11.3 Å². The second-order valence-corrected chi connectivity index (χ2v) is 4.07. The quantitative estimate of drug-likeness (QED) is 0.833. The number of halogens is 1. The van der Waals surface area contributed by atoms with Gasteiger partial charge in [-0.05, 0) is 17.2 Å². The lowest BCUT2D eigenvalue weighted by molar-refractivity contribution is 0.0694. The van der Waals surface area contributed by atoms with Crippen LogP contribution in [-0.4, -0.2) is 16.2 Å². The van der Waals surface area contributed by atoms with Crippen LogP contribution in [0.3, 0.4) is 0 Å². The van der Waals surface area contributed by atoms with Crippen LogP contribution in [0.4, 0.5) is 0 Å².